The van der Waals surface area contributed by atoms with E-state index in [0.29, 0.717) is 55.4 Å². The molecule has 1 atom stereocenters. The van der Waals surface area contributed by atoms with Crippen LogP contribution in [0.15, 0.2) is 48.0 Å². The van der Waals surface area contributed by atoms with E-state index in [1.807, 2.05) is 19.0 Å². The number of amides is 1. The van der Waals surface area contributed by atoms with E-state index >= 15 is 0 Å². The van der Waals surface area contributed by atoms with E-state index in [1.165, 1.54) is 23.1 Å². The zero-order valence-electron chi connectivity index (χ0n) is 18.0. The second-order valence-electron chi connectivity index (χ2n) is 8.06. The summed E-state index contributed by atoms with van der Waals surface area (Å²) in [5.74, 6) is -1.33. The third-order valence-corrected chi connectivity index (χ3v) is 5.52. The summed E-state index contributed by atoms with van der Waals surface area (Å²) in [5.41, 5.74) is 0.678. The Kier molecular flexibility index (Phi) is 6.14. The van der Waals surface area contributed by atoms with E-state index in [9.17, 15) is 19.1 Å². The van der Waals surface area contributed by atoms with Gasteiger partial charge in [-0.2, -0.15) is 0 Å². The largest absolute Gasteiger partial charge is 0.507 e. The number of ether oxygens (including phenoxy) is 2. The number of aliphatic hydroxyl groups is 1. The van der Waals surface area contributed by atoms with Gasteiger partial charge in [-0.25, -0.2) is 4.39 Å². The lowest BCUT2D eigenvalue weighted by Gasteiger charge is -2.26. The van der Waals surface area contributed by atoms with Crippen molar-refractivity contribution >= 4 is 17.4 Å². The van der Waals surface area contributed by atoms with Crippen LogP contribution >= 0.6 is 0 Å². The van der Waals surface area contributed by atoms with Crippen LogP contribution in [0.5, 0.6) is 11.5 Å². The number of halogens is 1. The van der Waals surface area contributed by atoms with Crippen LogP contribution in [0.25, 0.3) is 5.76 Å². The maximum atomic E-state index is 14.0. The minimum Gasteiger partial charge on any atom is -0.507 e. The number of hydrogen-bond donors (Lipinski definition) is 1. The summed E-state index contributed by atoms with van der Waals surface area (Å²) >= 11 is 0. The Hall–Kier alpha value is -3.39. The summed E-state index contributed by atoms with van der Waals surface area (Å²) in [6.45, 7) is 1.80. The minimum atomic E-state index is -0.888. The number of carbonyl (C=O) groups is 2. The number of aliphatic hydroxyl groups excluding tert-OH is 1. The summed E-state index contributed by atoms with van der Waals surface area (Å²) in [6, 6.07) is 9.69. The molecule has 1 fully saturated rings. The number of hydrogen-bond acceptors (Lipinski definition) is 6. The van der Waals surface area contributed by atoms with Gasteiger partial charge in [0.2, 0.25) is 0 Å². The summed E-state index contributed by atoms with van der Waals surface area (Å²) in [6.07, 6.45) is 0.621. The van der Waals surface area contributed by atoms with E-state index < -0.39 is 23.5 Å². The topological polar surface area (TPSA) is 79.3 Å². The molecule has 1 saturated heterocycles. The van der Waals surface area contributed by atoms with Crippen LogP contribution < -0.4 is 9.47 Å². The second-order valence-corrected chi connectivity index (χ2v) is 8.06. The lowest BCUT2D eigenvalue weighted by Crippen LogP contribution is -2.32. The predicted octanol–water partition coefficient (Wildman–Crippen LogP) is 2.97. The molecule has 7 nitrogen and oxygen atoms in total. The lowest BCUT2D eigenvalue weighted by atomic mass is 9.95. The lowest BCUT2D eigenvalue weighted by molar-refractivity contribution is -0.139. The number of nitrogens with zero attached hydrogens (tertiary/aromatic N) is 2. The first-order chi connectivity index (χ1) is 15.4. The van der Waals surface area contributed by atoms with Crippen LogP contribution in [-0.2, 0) is 9.59 Å². The van der Waals surface area contributed by atoms with Crippen LogP contribution in [0.4, 0.5) is 4.39 Å². The minimum absolute atomic E-state index is 0.0675. The molecule has 2 heterocycles. The number of likely N-dealkylation sites (tertiary alicyclic amines) is 1. The van der Waals surface area contributed by atoms with Gasteiger partial charge in [0.25, 0.3) is 11.7 Å². The van der Waals surface area contributed by atoms with Crippen molar-refractivity contribution in [2.24, 2.45) is 0 Å². The normalized spacial score (nSPS) is 19.6. The van der Waals surface area contributed by atoms with Gasteiger partial charge in [-0.15, -0.1) is 0 Å². The van der Waals surface area contributed by atoms with E-state index in [-0.39, 0.29) is 11.3 Å². The number of benzene rings is 2. The van der Waals surface area contributed by atoms with Crippen molar-refractivity contribution in [3.05, 3.63) is 65.0 Å². The van der Waals surface area contributed by atoms with E-state index in [4.69, 9.17) is 9.47 Å². The Morgan fingerprint density at radius 1 is 1.12 bits per heavy atom. The van der Waals surface area contributed by atoms with Crippen molar-refractivity contribution in [3.8, 4) is 11.5 Å². The molecule has 1 amide bonds. The van der Waals surface area contributed by atoms with Crippen molar-refractivity contribution < 1.29 is 28.6 Å². The number of rotatable bonds is 6. The second kappa shape index (κ2) is 9.00. The van der Waals surface area contributed by atoms with Gasteiger partial charge in [-0.05, 0) is 63.0 Å². The number of carbonyl (C=O) groups excluding carboxylic acids is 2. The quantitative estimate of drug-likeness (QED) is 0.423. The Bertz CT molecular complexity index is 1080. The molecule has 2 aliphatic rings. The standard InChI is InChI=1S/C24H25FN2O5/c1-26(2)9-4-10-27-21(15-5-3-6-17(25)13-15)20(23(29)24(27)30)22(28)16-7-8-18-19(14-16)32-12-11-31-18/h3,5-8,13-14,21,28H,4,9-12H2,1-2H3. The Labute approximate surface area is 185 Å². The van der Waals surface area contributed by atoms with E-state index in [1.54, 1.807) is 24.3 Å². The van der Waals surface area contributed by atoms with Crippen LogP contribution in [-0.4, -0.2) is 67.0 Å². The van der Waals surface area contributed by atoms with Crippen molar-refractivity contribution in [2.75, 3.05) is 40.4 Å². The number of Topliss-reactive ketones (excluding diaryl/α,β-unsaturated/α-hetero) is 1. The summed E-state index contributed by atoms with van der Waals surface area (Å²) in [5, 5.41) is 11.1. The highest BCUT2D eigenvalue weighted by Gasteiger charge is 2.46. The van der Waals surface area contributed by atoms with Gasteiger partial charge in [0.05, 0.1) is 11.6 Å². The molecule has 0 aromatic heterocycles. The SMILES string of the molecule is CN(C)CCCN1C(=O)C(=O)C(=C(O)c2ccc3c(c2)OCCO3)C1c1cccc(F)c1. The zero-order chi connectivity index (χ0) is 22.8. The highest BCUT2D eigenvalue weighted by atomic mass is 19.1. The third-order valence-electron chi connectivity index (χ3n) is 5.52. The third kappa shape index (κ3) is 4.18. The summed E-state index contributed by atoms with van der Waals surface area (Å²) in [7, 11) is 3.83. The molecular formula is C24H25FN2O5. The first-order valence-corrected chi connectivity index (χ1v) is 10.5. The molecule has 1 unspecified atom stereocenters. The Balaban J connectivity index is 1.79. The van der Waals surface area contributed by atoms with Gasteiger partial charge >= 0.3 is 0 Å². The van der Waals surface area contributed by atoms with Crippen molar-refractivity contribution in [3.63, 3.8) is 0 Å². The smallest absolute Gasteiger partial charge is 0.295 e. The molecule has 4 rings (SSSR count). The molecule has 0 saturated carbocycles. The van der Waals surface area contributed by atoms with Gasteiger partial charge in [0.15, 0.2) is 11.5 Å². The fourth-order valence-corrected chi connectivity index (χ4v) is 4.04. The molecule has 1 N–H and O–H groups in total. The first-order valence-electron chi connectivity index (χ1n) is 10.5. The highest BCUT2D eigenvalue weighted by Crippen LogP contribution is 2.41. The zero-order valence-corrected chi connectivity index (χ0v) is 18.0. The fourth-order valence-electron chi connectivity index (χ4n) is 4.04. The molecule has 2 aromatic rings. The molecule has 8 heteroatoms. The molecule has 2 aliphatic heterocycles. The maximum absolute atomic E-state index is 14.0. The van der Waals surface area contributed by atoms with Gasteiger partial charge in [0.1, 0.15) is 24.8 Å². The van der Waals surface area contributed by atoms with Gasteiger partial charge in [-0.1, -0.05) is 12.1 Å². The summed E-state index contributed by atoms with van der Waals surface area (Å²) < 4.78 is 25.1. The van der Waals surface area contributed by atoms with Gasteiger partial charge < -0.3 is 24.4 Å². The van der Waals surface area contributed by atoms with Crippen LogP contribution in [0, 0.1) is 5.82 Å². The number of ketones is 1. The monoisotopic (exact) mass is 440 g/mol. The molecular weight excluding hydrogens is 415 g/mol. The average Bonchev–Trinajstić information content (AvgIpc) is 3.03. The van der Waals surface area contributed by atoms with Crippen LogP contribution in [0.3, 0.4) is 0 Å². The molecule has 0 spiro atoms. The Morgan fingerprint density at radius 3 is 2.59 bits per heavy atom. The number of fused-ring (bicyclic) bond motifs is 1. The predicted molar refractivity (Wildman–Crippen MR) is 116 cm³/mol. The maximum Gasteiger partial charge on any atom is 0.295 e. The first kappa shape index (κ1) is 21.8. The highest BCUT2D eigenvalue weighted by molar-refractivity contribution is 6.46. The van der Waals surface area contributed by atoms with Gasteiger partial charge in [0, 0.05) is 12.1 Å². The van der Waals surface area contributed by atoms with Crippen molar-refractivity contribution in [2.45, 2.75) is 12.5 Å². The molecule has 32 heavy (non-hydrogen) atoms. The summed E-state index contributed by atoms with van der Waals surface area (Å²) in [4.78, 5) is 29.3. The molecule has 168 valence electrons. The van der Waals surface area contributed by atoms with Gasteiger partial charge in [-0.3, -0.25) is 9.59 Å². The van der Waals surface area contributed by atoms with E-state index in [2.05, 4.69) is 0 Å². The van der Waals surface area contributed by atoms with E-state index in [0.717, 1.165) is 0 Å². The molecule has 2 aromatic carbocycles. The Morgan fingerprint density at radius 2 is 1.88 bits per heavy atom. The van der Waals surface area contributed by atoms with Crippen molar-refractivity contribution in [1.29, 1.82) is 0 Å². The molecule has 0 bridgehead atoms. The van der Waals surface area contributed by atoms with Crippen molar-refractivity contribution in [1.82, 2.24) is 9.80 Å². The average molecular weight is 440 g/mol. The van der Waals surface area contributed by atoms with Crippen LogP contribution in [0.2, 0.25) is 0 Å². The van der Waals surface area contributed by atoms with Crippen LogP contribution in [0.1, 0.15) is 23.6 Å². The fraction of sp³-hybridized carbons (Fsp3) is 0.333. The molecule has 0 aliphatic carbocycles. The molecule has 0 radical (unpaired) electrons.